The number of carbonyl (C=O) groups excluding carboxylic acids is 1. The van der Waals surface area contributed by atoms with E-state index in [9.17, 15) is 14.3 Å². The van der Waals surface area contributed by atoms with Crippen LogP contribution in [-0.2, 0) is 27.9 Å². The van der Waals surface area contributed by atoms with Gasteiger partial charge in [-0.1, -0.05) is 195 Å². The fourth-order valence-electron chi connectivity index (χ4n) is 6.45. The molecule has 3 N–H and O–H groups in total. The van der Waals surface area contributed by atoms with Crippen molar-refractivity contribution in [2.45, 2.75) is 200 Å². The molecule has 9 heteroatoms. The van der Waals surface area contributed by atoms with Crippen molar-refractivity contribution >= 4 is 13.8 Å². The van der Waals surface area contributed by atoms with Crippen LogP contribution >= 0.6 is 7.82 Å². The first-order valence-electron chi connectivity index (χ1n) is 24.7. The molecule has 0 bridgehead atoms. The molecular formula is C53H92NO7P. The van der Waals surface area contributed by atoms with E-state index in [1.807, 2.05) is 0 Å². The molecule has 62 heavy (non-hydrogen) atoms. The Balaban J connectivity index is 3.99. The summed E-state index contributed by atoms with van der Waals surface area (Å²) in [5.41, 5.74) is 5.38. The van der Waals surface area contributed by atoms with Crippen LogP contribution in [0.25, 0.3) is 0 Å². The Morgan fingerprint density at radius 2 is 0.855 bits per heavy atom. The Morgan fingerprint density at radius 1 is 0.484 bits per heavy atom. The summed E-state index contributed by atoms with van der Waals surface area (Å²) in [5.74, 6) is -0.343. The first kappa shape index (κ1) is 59.4. The highest BCUT2D eigenvalue weighted by Gasteiger charge is 2.25. The van der Waals surface area contributed by atoms with Crippen LogP contribution in [0, 0.1) is 0 Å². The van der Waals surface area contributed by atoms with Crippen molar-refractivity contribution in [1.82, 2.24) is 0 Å². The molecule has 356 valence electrons. The topological polar surface area (TPSA) is 117 Å². The number of hydrogen-bond acceptors (Lipinski definition) is 7. The fraction of sp³-hybridized carbons (Fsp3) is 0.679. The van der Waals surface area contributed by atoms with Crippen molar-refractivity contribution in [3.63, 3.8) is 0 Å². The Bertz CT molecular complexity index is 1270. The summed E-state index contributed by atoms with van der Waals surface area (Å²) in [6.45, 7) is 4.64. The van der Waals surface area contributed by atoms with E-state index in [-0.39, 0.29) is 32.3 Å². The van der Waals surface area contributed by atoms with Crippen molar-refractivity contribution in [1.29, 1.82) is 0 Å². The minimum Gasteiger partial charge on any atom is -0.457 e. The fourth-order valence-corrected chi connectivity index (χ4v) is 7.21. The zero-order chi connectivity index (χ0) is 45.1. The van der Waals surface area contributed by atoms with Crippen molar-refractivity contribution in [2.24, 2.45) is 5.73 Å². The second-order valence-electron chi connectivity index (χ2n) is 15.9. The van der Waals surface area contributed by atoms with Gasteiger partial charge in [-0.25, -0.2) is 4.57 Å². The van der Waals surface area contributed by atoms with Gasteiger partial charge in [0.1, 0.15) is 6.10 Å². The lowest BCUT2D eigenvalue weighted by Crippen LogP contribution is -2.28. The van der Waals surface area contributed by atoms with Gasteiger partial charge >= 0.3 is 13.8 Å². The number of esters is 1. The average Bonchev–Trinajstić information content (AvgIpc) is 3.26. The molecule has 0 aliphatic carbocycles. The van der Waals surface area contributed by atoms with Crippen LogP contribution in [0.3, 0.4) is 0 Å². The Kier molecular flexibility index (Phi) is 47.4. The second-order valence-corrected chi connectivity index (χ2v) is 17.4. The molecule has 0 rings (SSSR count). The smallest absolute Gasteiger partial charge is 0.457 e. The summed E-state index contributed by atoms with van der Waals surface area (Å²) in [5, 5.41) is 0. The lowest BCUT2D eigenvalue weighted by Gasteiger charge is -2.20. The highest BCUT2D eigenvalue weighted by molar-refractivity contribution is 7.47. The van der Waals surface area contributed by atoms with E-state index in [1.54, 1.807) is 0 Å². The van der Waals surface area contributed by atoms with Crippen LogP contribution in [0.15, 0.2) is 97.2 Å². The zero-order valence-electron chi connectivity index (χ0n) is 39.6. The van der Waals surface area contributed by atoms with E-state index in [2.05, 4.69) is 111 Å². The summed E-state index contributed by atoms with van der Waals surface area (Å²) < 4.78 is 33.5. The molecule has 0 fully saturated rings. The molecule has 0 heterocycles. The number of hydrogen-bond donors (Lipinski definition) is 2. The molecule has 0 amide bonds. The Morgan fingerprint density at radius 3 is 1.27 bits per heavy atom. The van der Waals surface area contributed by atoms with Crippen LogP contribution in [0.4, 0.5) is 0 Å². The van der Waals surface area contributed by atoms with Crippen LogP contribution in [0.1, 0.15) is 194 Å². The van der Waals surface area contributed by atoms with Gasteiger partial charge in [-0.05, 0) is 89.9 Å². The first-order chi connectivity index (χ1) is 30.4. The molecule has 0 aromatic heterocycles. The summed E-state index contributed by atoms with van der Waals surface area (Å²) >= 11 is 0. The van der Waals surface area contributed by atoms with E-state index >= 15 is 0 Å². The quantitative estimate of drug-likeness (QED) is 0.0269. The molecule has 0 radical (unpaired) electrons. The van der Waals surface area contributed by atoms with Gasteiger partial charge in [-0.15, -0.1) is 0 Å². The maximum Gasteiger partial charge on any atom is 0.472 e. The van der Waals surface area contributed by atoms with Gasteiger partial charge in [0.05, 0.1) is 19.8 Å². The van der Waals surface area contributed by atoms with E-state index in [4.69, 9.17) is 24.3 Å². The third-order valence-corrected chi connectivity index (χ3v) is 11.0. The average molecular weight is 886 g/mol. The standard InChI is InChI=1S/C53H92NO7P/c1-3-5-7-9-11-13-15-17-19-21-23-24-25-26-27-28-29-30-32-34-36-38-40-42-44-46-53(55)61-52(51-60-62(56,57)59-49-47-54)50-58-48-45-43-41-39-37-35-33-31-22-20-18-16-14-12-10-8-6-4-2/h5-8,11-14,17-20,23-24,31,33,52H,3-4,9-10,15-16,21-22,25-30,32,34-51,54H2,1-2H3,(H,56,57)/b7-5-,8-6-,13-11-,14-12-,19-17-,20-18-,24-23-,33-31-. The zero-order valence-corrected chi connectivity index (χ0v) is 40.5. The molecule has 8 nitrogen and oxygen atoms in total. The number of carbonyl (C=O) groups is 1. The number of phosphoric acid groups is 1. The van der Waals surface area contributed by atoms with Crippen molar-refractivity contribution in [3.05, 3.63) is 97.2 Å². The third kappa shape index (κ3) is 48.5. The van der Waals surface area contributed by atoms with Crippen LogP contribution in [0.5, 0.6) is 0 Å². The summed E-state index contributed by atoms with van der Waals surface area (Å²) in [4.78, 5) is 22.6. The predicted molar refractivity (Wildman–Crippen MR) is 265 cm³/mol. The SMILES string of the molecule is CC/C=C\C/C=C\C/C=C\C/C=C\CCCCCCCCCCCCCCC(=O)OC(COCCCCCCC/C=C\C/C=C\C/C=C\C/C=C\CC)COP(=O)(O)OCCN. The van der Waals surface area contributed by atoms with Gasteiger partial charge in [0, 0.05) is 19.6 Å². The van der Waals surface area contributed by atoms with E-state index in [0.717, 1.165) is 96.3 Å². The summed E-state index contributed by atoms with van der Waals surface area (Å²) in [6.07, 6.45) is 65.8. The second kappa shape index (κ2) is 49.4. The lowest BCUT2D eigenvalue weighted by atomic mass is 10.0. The molecule has 2 atom stereocenters. The number of nitrogens with two attached hydrogens (primary N) is 1. The van der Waals surface area contributed by atoms with Gasteiger partial charge in [0.25, 0.3) is 0 Å². The molecule has 0 aromatic rings. The van der Waals surface area contributed by atoms with Crippen molar-refractivity contribution in [2.75, 3.05) is 33.0 Å². The Hall–Kier alpha value is -2.58. The van der Waals surface area contributed by atoms with Crippen molar-refractivity contribution in [3.8, 4) is 0 Å². The Labute approximate surface area is 380 Å². The normalized spacial score (nSPS) is 14.2. The van der Waals surface area contributed by atoms with E-state index in [0.29, 0.717) is 13.0 Å². The van der Waals surface area contributed by atoms with Gasteiger partial charge < -0.3 is 20.1 Å². The number of phosphoric ester groups is 1. The molecule has 0 aromatic carbocycles. The number of rotatable bonds is 46. The number of allylic oxidation sites excluding steroid dienone is 16. The predicted octanol–water partition coefficient (Wildman–Crippen LogP) is 15.4. The van der Waals surface area contributed by atoms with Gasteiger partial charge in [0.15, 0.2) is 0 Å². The minimum absolute atomic E-state index is 0.0917. The van der Waals surface area contributed by atoms with Gasteiger partial charge in [-0.2, -0.15) is 0 Å². The van der Waals surface area contributed by atoms with Crippen LogP contribution in [0.2, 0.25) is 0 Å². The van der Waals surface area contributed by atoms with E-state index < -0.39 is 13.9 Å². The molecule has 0 aliphatic rings. The number of unbranched alkanes of at least 4 members (excludes halogenated alkanes) is 17. The molecule has 0 saturated heterocycles. The molecule has 2 unspecified atom stereocenters. The summed E-state index contributed by atoms with van der Waals surface area (Å²) in [7, 11) is -4.29. The van der Waals surface area contributed by atoms with Crippen molar-refractivity contribution < 1.29 is 32.8 Å². The molecular weight excluding hydrogens is 794 g/mol. The largest absolute Gasteiger partial charge is 0.472 e. The monoisotopic (exact) mass is 886 g/mol. The molecule has 0 saturated carbocycles. The lowest BCUT2D eigenvalue weighted by molar-refractivity contribution is -0.154. The van der Waals surface area contributed by atoms with Crippen LogP contribution in [-0.4, -0.2) is 49.9 Å². The van der Waals surface area contributed by atoms with Gasteiger partial charge in [0.2, 0.25) is 0 Å². The summed E-state index contributed by atoms with van der Waals surface area (Å²) in [6, 6.07) is 0. The molecule has 0 spiro atoms. The minimum atomic E-state index is -4.29. The molecule has 0 aliphatic heterocycles. The third-order valence-electron chi connectivity index (χ3n) is 10.00. The number of ether oxygens (including phenoxy) is 2. The highest BCUT2D eigenvalue weighted by Crippen LogP contribution is 2.43. The van der Waals surface area contributed by atoms with E-state index in [1.165, 1.54) is 77.0 Å². The van der Waals surface area contributed by atoms with Crippen LogP contribution < -0.4 is 5.73 Å². The highest BCUT2D eigenvalue weighted by atomic mass is 31.2. The first-order valence-corrected chi connectivity index (χ1v) is 26.2. The maximum atomic E-state index is 12.7. The van der Waals surface area contributed by atoms with Gasteiger partial charge in [-0.3, -0.25) is 13.8 Å². The maximum absolute atomic E-state index is 12.7.